The van der Waals surface area contributed by atoms with Crippen molar-refractivity contribution >= 4 is 10.8 Å². The number of hydrogen-bond donors (Lipinski definition) is 1. The number of nitrogens with two attached hydrogens (primary N) is 1. The average molecular weight is 273 g/mol. The molecule has 3 heteroatoms. The zero-order chi connectivity index (χ0) is 13.7. The third-order valence-corrected chi connectivity index (χ3v) is 4.69. The van der Waals surface area contributed by atoms with Gasteiger partial charge in [0.25, 0.3) is 0 Å². The van der Waals surface area contributed by atoms with Gasteiger partial charge >= 0.3 is 0 Å². The van der Waals surface area contributed by atoms with Gasteiger partial charge in [0.05, 0.1) is 10.8 Å². The fourth-order valence-corrected chi connectivity index (χ4v) is 3.32. The quantitative estimate of drug-likeness (QED) is 0.910. The molecule has 0 bridgehead atoms. The lowest BCUT2D eigenvalue weighted by Crippen LogP contribution is -2.19. The van der Waals surface area contributed by atoms with Crippen LogP contribution in [-0.2, 0) is 10.8 Å². The predicted molar refractivity (Wildman–Crippen MR) is 80.7 cm³/mol. The standard InChI is InChI=1S/C16H19NOS/c1-13-7-9-16(10-8-13)19(18)12-15(11-17)14-5-3-2-4-6-14/h2-10,15H,11-12,17H2,1H3. The van der Waals surface area contributed by atoms with Crippen molar-refractivity contribution in [2.24, 2.45) is 5.73 Å². The van der Waals surface area contributed by atoms with E-state index < -0.39 is 10.8 Å². The van der Waals surface area contributed by atoms with Crippen LogP contribution in [0.2, 0.25) is 0 Å². The first-order chi connectivity index (χ1) is 9.20. The van der Waals surface area contributed by atoms with Crippen LogP contribution in [-0.4, -0.2) is 16.5 Å². The third-order valence-electron chi connectivity index (χ3n) is 3.19. The van der Waals surface area contributed by atoms with Crippen molar-refractivity contribution in [1.82, 2.24) is 0 Å². The molecule has 2 unspecified atom stereocenters. The summed E-state index contributed by atoms with van der Waals surface area (Å²) in [5.74, 6) is 0.715. The van der Waals surface area contributed by atoms with E-state index in [0.29, 0.717) is 12.3 Å². The Morgan fingerprint density at radius 3 is 2.26 bits per heavy atom. The normalized spacial score (nSPS) is 14.0. The molecule has 0 spiro atoms. The Bertz CT molecular complexity index is 536. The summed E-state index contributed by atoms with van der Waals surface area (Å²) < 4.78 is 12.4. The highest BCUT2D eigenvalue weighted by atomic mass is 32.2. The van der Waals surface area contributed by atoms with Crippen molar-refractivity contribution in [3.63, 3.8) is 0 Å². The van der Waals surface area contributed by atoms with Crippen LogP contribution >= 0.6 is 0 Å². The molecule has 2 atom stereocenters. The van der Waals surface area contributed by atoms with Crippen LogP contribution in [0.25, 0.3) is 0 Å². The van der Waals surface area contributed by atoms with Crippen molar-refractivity contribution < 1.29 is 4.21 Å². The molecule has 0 aliphatic rings. The molecule has 0 amide bonds. The summed E-state index contributed by atoms with van der Waals surface area (Å²) in [4.78, 5) is 0.875. The molecule has 2 rings (SSSR count). The molecule has 0 aromatic heterocycles. The van der Waals surface area contributed by atoms with Crippen molar-refractivity contribution in [1.29, 1.82) is 0 Å². The van der Waals surface area contributed by atoms with Crippen LogP contribution < -0.4 is 5.73 Å². The fraction of sp³-hybridized carbons (Fsp3) is 0.250. The Morgan fingerprint density at radius 2 is 1.68 bits per heavy atom. The van der Waals surface area contributed by atoms with Crippen LogP contribution in [0.1, 0.15) is 17.0 Å². The first kappa shape index (κ1) is 14.0. The molecule has 2 N–H and O–H groups in total. The molecule has 0 fully saturated rings. The van der Waals surface area contributed by atoms with E-state index >= 15 is 0 Å². The van der Waals surface area contributed by atoms with E-state index in [1.54, 1.807) is 0 Å². The maximum Gasteiger partial charge on any atom is 0.0536 e. The molecule has 0 saturated carbocycles. The van der Waals surface area contributed by atoms with E-state index in [1.165, 1.54) is 5.56 Å². The van der Waals surface area contributed by atoms with Crippen molar-refractivity contribution in [2.75, 3.05) is 12.3 Å². The second-order valence-corrected chi connectivity index (χ2v) is 6.16. The summed E-state index contributed by atoms with van der Waals surface area (Å²) in [6.45, 7) is 2.54. The Morgan fingerprint density at radius 1 is 1.05 bits per heavy atom. The van der Waals surface area contributed by atoms with Gasteiger partial charge in [-0.25, -0.2) is 0 Å². The predicted octanol–water partition coefficient (Wildman–Crippen LogP) is 2.85. The summed E-state index contributed by atoms with van der Waals surface area (Å²) in [6, 6.07) is 17.9. The maximum atomic E-state index is 12.4. The van der Waals surface area contributed by atoms with Gasteiger partial charge in [0.1, 0.15) is 0 Å². The second kappa shape index (κ2) is 6.64. The fourth-order valence-electron chi connectivity index (χ4n) is 1.99. The van der Waals surface area contributed by atoms with Gasteiger partial charge in [0.15, 0.2) is 0 Å². The zero-order valence-electron chi connectivity index (χ0n) is 11.1. The summed E-state index contributed by atoms with van der Waals surface area (Å²) in [7, 11) is -1.00. The minimum atomic E-state index is -1.00. The SMILES string of the molecule is Cc1ccc(S(=O)CC(CN)c2ccccc2)cc1. The molecule has 2 aromatic carbocycles. The van der Waals surface area contributed by atoms with E-state index in [1.807, 2.05) is 61.5 Å². The van der Waals surface area contributed by atoms with Crippen LogP contribution in [0, 0.1) is 6.92 Å². The van der Waals surface area contributed by atoms with Gasteiger partial charge in [0, 0.05) is 23.1 Å². The van der Waals surface area contributed by atoms with Crippen LogP contribution in [0.4, 0.5) is 0 Å². The number of benzene rings is 2. The van der Waals surface area contributed by atoms with Gasteiger partial charge in [0.2, 0.25) is 0 Å². The Balaban J connectivity index is 2.10. The Labute approximate surface area is 117 Å². The van der Waals surface area contributed by atoms with Crippen LogP contribution in [0.5, 0.6) is 0 Å². The highest BCUT2D eigenvalue weighted by Gasteiger charge is 2.14. The number of aryl methyl sites for hydroxylation is 1. The molecule has 0 radical (unpaired) electrons. The molecule has 0 aliphatic heterocycles. The van der Waals surface area contributed by atoms with E-state index in [9.17, 15) is 4.21 Å². The first-order valence-corrected chi connectivity index (χ1v) is 7.72. The molecule has 0 saturated heterocycles. The van der Waals surface area contributed by atoms with Gasteiger partial charge in [-0.05, 0) is 24.6 Å². The van der Waals surface area contributed by atoms with Gasteiger partial charge in [-0.2, -0.15) is 0 Å². The van der Waals surface area contributed by atoms with Crippen molar-refractivity contribution in [3.8, 4) is 0 Å². The Kier molecular flexibility index (Phi) is 4.88. The Hall–Kier alpha value is -1.45. The monoisotopic (exact) mass is 273 g/mol. The molecular weight excluding hydrogens is 254 g/mol. The summed E-state index contributed by atoms with van der Waals surface area (Å²) in [6.07, 6.45) is 0. The largest absolute Gasteiger partial charge is 0.330 e. The average Bonchev–Trinajstić information content (AvgIpc) is 2.46. The molecule has 100 valence electrons. The third kappa shape index (κ3) is 3.75. The lowest BCUT2D eigenvalue weighted by molar-refractivity contribution is 0.672. The summed E-state index contributed by atoms with van der Waals surface area (Å²) in [5, 5.41) is 0. The maximum absolute atomic E-state index is 12.4. The van der Waals surface area contributed by atoms with Crippen molar-refractivity contribution in [3.05, 3.63) is 65.7 Å². The minimum absolute atomic E-state index is 0.142. The molecule has 0 aliphatic carbocycles. The number of hydrogen-bond acceptors (Lipinski definition) is 2. The van der Waals surface area contributed by atoms with Gasteiger partial charge in [-0.3, -0.25) is 4.21 Å². The zero-order valence-corrected chi connectivity index (χ0v) is 11.9. The molecule has 0 heterocycles. The minimum Gasteiger partial charge on any atom is -0.330 e. The van der Waals surface area contributed by atoms with E-state index in [4.69, 9.17) is 5.73 Å². The van der Waals surface area contributed by atoms with E-state index in [2.05, 4.69) is 0 Å². The summed E-state index contributed by atoms with van der Waals surface area (Å²) in [5.41, 5.74) is 8.16. The lowest BCUT2D eigenvalue weighted by Gasteiger charge is -2.14. The molecular formula is C16H19NOS. The molecule has 19 heavy (non-hydrogen) atoms. The molecule has 2 aromatic rings. The van der Waals surface area contributed by atoms with Crippen LogP contribution in [0.15, 0.2) is 59.5 Å². The van der Waals surface area contributed by atoms with Crippen molar-refractivity contribution in [2.45, 2.75) is 17.7 Å². The van der Waals surface area contributed by atoms with E-state index in [-0.39, 0.29) is 5.92 Å². The second-order valence-electron chi connectivity index (χ2n) is 4.67. The highest BCUT2D eigenvalue weighted by Crippen LogP contribution is 2.18. The number of rotatable bonds is 5. The first-order valence-electron chi connectivity index (χ1n) is 6.40. The summed E-state index contributed by atoms with van der Waals surface area (Å²) >= 11 is 0. The highest BCUT2D eigenvalue weighted by molar-refractivity contribution is 7.85. The molecule has 2 nitrogen and oxygen atoms in total. The van der Waals surface area contributed by atoms with Gasteiger partial charge in [-0.1, -0.05) is 48.0 Å². The smallest absolute Gasteiger partial charge is 0.0536 e. The van der Waals surface area contributed by atoms with Gasteiger partial charge in [-0.15, -0.1) is 0 Å². The lowest BCUT2D eigenvalue weighted by atomic mass is 10.0. The topological polar surface area (TPSA) is 43.1 Å². The van der Waals surface area contributed by atoms with Gasteiger partial charge < -0.3 is 5.73 Å². The van der Waals surface area contributed by atoms with Crippen LogP contribution in [0.3, 0.4) is 0 Å². The van der Waals surface area contributed by atoms with E-state index in [0.717, 1.165) is 10.5 Å².